The van der Waals surface area contributed by atoms with Gasteiger partial charge in [0.05, 0.1) is 12.2 Å². The third kappa shape index (κ3) is 4.14. The van der Waals surface area contributed by atoms with Crippen molar-refractivity contribution in [1.29, 1.82) is 0 Å². The van der Waals surface area contributed by atoms with Gasteiger partial charge in [0.1, 0.15) is 0 Å². The number of ether oxygens (including phenoxy) is 1. The molecular weight excluding hydrogens is 268 g/mol. The summed E-state index contributed by atoms with van der Waals surface area (Å²) >= 11 is 1.79. The summed E-state index contributed by atoms with van der Waals surface area (Å²) in [6.45, 7) is 4.30. The summed E-state index contributed by atoms with van der Waals surface area (Å²) in [6, 6.07) is 16.1. The van der Waals surface area contributed by atoms with Gasteiger partial charge in [-0.05, 0) is 43.7 Å². The van der Waals surface area contributed by atoms with E-state index in [1.165, 1.54) is 16.0 Å². The topological polar surface area (TPSA) is 26.3 Å². The molecule has 0 atom stereocenters. The highest BCUT2D eigenvalue weighted by molar-refractivity contribution is 7.98. The first kappa shape index (κ1) is 14.7. The van der Waals surface area contributed by atoms with E-state index in [1.807, 2.05) is 31.2 Å². The zero-order chi connectivity index (χ0) is 14.4. The maximum Gasteiger partial charge on any atom is 0.338 e. The third-order valence-corrected chi connectivity index (χ3v) is 3.97. The number of carbonyl (C=O) groups excluding carboxylic acids is 1. The minimum atomic E-state index is -0.259. The van der Waals surface area contributed by atoms with Gasteiger partial charge in [0.25, 0.3) is 0 Å². The van der Waals surface area contributed by atoms with Gasteiger partial charge in [-0.2, -0.15) is 0 Å². The maximum absolute atomic E-state index is 11.5. The van der Waals surface area contributed by atoms with E-state index in [2.05, 4.69) is 31.2 Å². The van der Waals surface area contributed by atoms with Gasteiger partial charge in [0.15, 0.2) is 0 Å². The number of esters is 1. The summed E-state index contributed by atoms with van der Waals surface area (Å²) in [5.74, 6) is 0.636. The highest BCUT2D eigenvalue weighted by Crippen LogP contribution is 2.23. The average molecular weight is 286 g/mol. The maximum atomic E-state index is 11.5. The molecule has 2 nitrogen and oxygen atoms in total. The zero-order valence-corrected chi connectivity index (χ0v) is 12.6. The van der Waals surface area contributed by atoms with Crippen LogP contribution >= 0.6 is 11.8 Å². The van der Waals surface area contributed by atoms with Crippen molar-refractivity contribution in [3.8, 4) is 0 Å². The van der Waals surface area contributed by atoms with Crippen molar-refractivity contribution in [2.24, 2.45) is 0 Å². The molecule has 2 aromatic carbocycles. The Labute approximate surface area is 124 Å². The fourth-order valence-electron chi connectivity index (χ4n) is 1.75. The molecule has 0 unspecified atom stereocenters. The van der Waals surface area contributed by atoms with Gasteiger partial charge >= 0.3 is 5.97 Å². The quantitative estimate of drug-likeness (QED) is 0.599. The van der Waals surface area contributed by atoms with Gasteiger partial charge in [-0.15, -0.1) is 11.8 Å². The van der Waals surface area contributed by atoms with E-state index < -0.39 is 0 Å². The molecule has 0 saturated carbocycles. The molecule has 0 bridgehead atoms. The van der Waals surface area contributed by atoms with Crippen LogP contribution in [0.2, 0.25) is 0 Å². The first-order valence-electron chi connectivity index (χ1n) is 6.64. The average Bonchev–Trinajstić information content (AvgIpc) is 2.47. The minimum Gasteiger partial charge on any atom is -0.462 e. The second kappa shape index (κ2) is 7.15. The van der Waals surface area contributed by atoms with Crippen molar-refractivity contribution in [2.75, 3.05) is 6.61 Å². The molecule has 0 aliphatic heterocycles. The molecule has 0 radical (unpaired) electrons. The van der Waals surface area contributed by atoms with Crippen molar-refractivity contribution in [2.45, 2.75) is 24.5 Å². The number of thioether (sulfide) groups is 1. The fraction of sp³-hybridized carbons (Fsp3) is 0.235. The van der Waals surface area contributed by atoms with E-state index >= 15 is 0 Å². The van der Waals surface area contributed by atoms with Gasteiger partial charge in [0, 0.05) is 10.6 Å². The van der Waals surface area contributed by atoms with E-state index in [9.17, 15) is 4.79 Å². The van der Waals surface area contributed by atoms with E-state index in [0.717, 1.165) is 5.75 Å². The van der Waals surface area contributed by atoms with Crippen LogP contribution in [0.15, 0.2) is 53.4 Å². The first-order chi connectivity index (χ1) is 9.69. The number of carbonyl (C=O) groups is 1. The monoisotopic (exact) mass is 286 g/mol. The van der Waals surface area contributed by atoms with Gasteiger partial charge < -0.3 is 4.74 Å². The van der Waals surface area contributed by atoms with Crippen LogP contribution in [0.1, 0.15) is 28.4 Å². The normalized spacial score (nSPS) is 10.3. The van der Waals surface area contributed by atoms with Crippen LogP contribution in [0.5, 0.6) is 0 Å². The second-order valence-electron chi connectivity index (χ2n) is 4.52. The van der Waals surface area contributed by atoms with Crippen LogP contribution in [-0.4, -0.2) is 12.6 Å². The molecule has 20 heavy (non-hydrogen) atoms. The Hall–Kier alpha value is -1.74. The van der Waals surface area contributed by atoms with Crippen LogP contribution in [-0.2, 0) is 10.5 Å². The standard InChI is InChI=1S/C17H18O2S/c1-3-19-17(18)15-8-6-14(7-9-15)12-20-16-10-4-13(2)5-11-16/h4-11H,3,12H2,1-2H3. The summed E-state index contributed by atoms with van der Waals surface area (Å²) < 4.78 is 4.96. The van der Waals surface area contributed by atoms with Crippen LogP contribution < -0.4 is 0 Å². The lowest BCUT2D eigenvalue weighted by molar-refractivity contribution is 0.0526. The predicted molar refractivity (Wildman–Crippen MR) is 83.1 cm³/mol. The minimum absolute atomic E-state index is 0.259. The second-order valence-corrected chi connectivity index (χ2v) is 5.57. The van der Waals surface area contributed by atoms with Gasteiger partial charge in [0.2, 0.25) is 0 Å². The summed E-state index contributed by atoms with van der Waals surface area (Å²) in [5, 5.41) is 0. The number of aryl methyl sites for hydroxylation is 1. The number of hydrogen-bond donors (Lipinski definition) is 0. The molecule has 0 N–H and O–H groups in total. The number of hydrogen-bond acceptors (Lipinski definition) is 3. The van der Waals surface area contributed by atoms with Gasteiger partial charge in [-0.25, -0.2) is 4.79 Å². The van der Waals surface area contributed by atoms with Crippen LogP contribution in [0.3, 0.4) is 0 Å². The van der Waals surface area contributed by atoms with E-state index in [0.29, 0.717) is 12.2 Å². The molecule has 0 heterocycles. The Morgan fingerprint density at radius 3 is 2.30 bits per heavy atom. The van der Waals surface area contributed by atoms with E-state index in [-0.39, 0.29) is 5.97 Å². The van der Waals surface area contributed by atoms with Crippen molar-refractivity contribution in [3.63, 3.8) is 0 Å². The van der Waals surface area contributed by atoms with Crippen LogP contribution in [0.25, 0.3) is 0 Å². The Morgan fingerprint density at radius 1 is 1.05 bits per heavy atom. The Morgan fingerprint density at radius 2 is 1.70 bits per heavy atom. The number of rotatable bonds is 5. The highest BCUT2D eigenvalue weighted by atomic mass is 32.2. The third-order valence-electron chi connectivity index (χ3n) is 2.89. The lowest BCUT2D eigenvalue weighted by Crippen LogP contribution is -2.04. The summed E-state index contributed by atoms with van der Waals surface area (Å²) in [5.41, 5.74) is 3.08. The highest BCUT2D eigenvalue weighted by Gasteiger charge is 2.05. The lowest BCUT2D eigenvalue weighted by Gasteiger charge is -2.05. The van der Waals surface area contributed by atoms with E-state index in [4.69, 9.17) is 4.74 Å². The molecule has 0 aromatic heterocycles. The van der Waals surface area contributed by atoms with Gasteiger partial charge in [-0.1, -0.05) is 29.8 Å². The molecule has 2 rings (SSSR count). The fourth-order valence-corrected chi connectivity index (χ4v) is 2.61. The van der Waals surface area contributed by atoms with Crippen molar-refractivity contribution in [1.82, 2.24) is 0 Å². The molecule has 0 amide bonds. The van der Waals surface area contributed by atoms with Crippen LogP contribution in [0.4, 0.5) is 0 Å². The largest absolute Gasteiger partial charge is 0.462 e. The van der Waals surface area contributed by atoms with E-state index in [1.54, 1.807) is 11.8 Å². The molecule has 0 aliphatic carbocycles. The summed E-state index contributed by atoms with van der Waals surface area (Å²) in [4.78, 5) is 12.8. The Bertz CT molecular complexity index is 559. The van der Waals surface area contributed by atoms with Crippen molar-refractivity contribution < 1.29 is 9.53 Å². The molecule has 2 aromatic rings. The molecule has 0 saturated heterocycles. The lowest BCUT2D eigenvalue weighted by atomic mass is 10.1. The predicted octanol–water partition coefficient (Wildman–Crippen LogP) is 4.46. The molecule has 0 spiro atoms. The van der Waals surface area contributed by atoms with Crippen molar-refractivity contribution >= 4 is 17.7 Å². The number of benzene rings is 2. The molecule has 0 fully saturated rings. The van der Waals surface area contributed by atoms with Gasteiger partial charge in [-0.3, -0.25) is 0 Å². The molecular formula is C17H18O2S. The van der Waals surface area contributed by atoms with Crippen molar-refractivity contribution in [3.05, 3.63) is 65.2 Å². The Balaban J connectivity index is 1.93. The molecule has 3 heteroatoms. The Kier molecular flexibility index (Phi) is 5.24. The first-order valence-corrected chi connectivity index (χ1v) is 7.63. The summed E-state index contributed by atoms with van der Waals surface area (Å²) in [6.07, 6.45) is 0. The zero-order valence-electron chi connectivity index (χ0n) is 11.8. The SMILES string of the molecule is CCOC(=O)c1ccc(CSc2ccc(C)cc2)cc1. The molecule has 104 valence electrons. The summed E-state index contributed by atoms with van der Waals surface area (Å²) in [7, 11) is 0. The van der Waals surface area contributed by atoms with Crippen LogP contribution in [0, 0.1) is 6.92 Å². The molecule has 0 aliphatic rings. The smallest absolute Gasteiger partial charge is 0.338 e.